The molecule has 2 nitrogen and oxygen atoms in total. The first-order valence-electron chi connectivity index (χ1n) is 6.67. The van der Waals surface area contributed by atoms with Crippen LogP contribution in [0.15, 0.2) is 40.9 Å². The van der Waals surface area contributed by atoms with Crippen LogP contribution in [0.1, 0.15) is 35.0 Å². The van der Waals surface area contributed by atoms with Crippen LogP contribution in [0.5, 0.6) is 0 Å². The normalized spacial score (nSPS) is 17.5. The van der Waals surface area contributed by atoms with Gasteiger partial charge in [-0.3, -0.25) is 4.98 Å². The van der Waals surface area contributed by atoms with Crippen molar-refractivity contribution in [1.29, 1.82) is 0 Å². The summed E-state index contributed by atoms with van der Waals surface area (Å²) < 4.78 is 1.24. The van der Waals surface area contributed by atoms with Crippen LogP contribution in [0.25, 0.3) is 0 Å². The summed E-state index contributed by atoms with van der Waals surface area (Å²) in [5.41, 5.74) is 5.08. The number of aromatic nitrogens is 1. The van der Waals surface area contributed by atoms with E-state index < -0.39 is 0 Å². The number of rotatable bonds is 3. The van der Waals surface area contributed by atoms with E-state index in [1.807, 2.05) is 13.0 Å². The summed E-state index contributed by atoms with van der Waals surface area (Å²) >= 11 is 3.64. The van der Waals surface area contributed by atoms with Crippen molar-refractivity contribution in [3.05, 3.63) is 63.4 Å². The highest BCUT2D eigenvalue weighted by Gasteiger charge is 2.23. The van der Waals surface area contributed by atoms with Crippen LogP contribution in [0.2, 0.25) is 0 Å². The number of hydrogen-bond acceptors (Lipinski definition) is 2. The van der Waals surface area contributed by atoms with Gasteiger partial charge in [-0.05, 0) is 49.1 Å². The molecule has 19 heavy (non-hydrogen) atoms. The van der Waals surface area contributed by atoms with Gasteiger partial charge in [0.05, 0.1) is 5.69 Å². The average Bonchev–Trinajstić information content (AvgIpc) is 2.81. The number of halogens is 1. The van der Waals surface area contributed by atoms with Gasteiger partial charge in [-0.25, -0.2) is 0 Å². The maximum absolute atomic E-state index is 4.54. The van der Waals surface area contributed by atoms with Crippen LogP contribution in [0, 0.1) is 6.92 Å². The third-order valence-electron chi connectivity index (χ3n) is 3.69. The van der Waals surface area contributed by atoms with Crippen LogP contribution in [-0.2, 0) is 13.0 Å². The molecule has 1 aromatic heterocycles. The predicted octanol–water partition coefficient (Wildman–Crippen LogP) is 3.93. The molecule has 1 N–H and O–H groups in total. The molecule has 1 unspecified atom stereocenters. The molecule has 0 saturated carbocycles. The summed E-state index contributed by atoms with van der Waals surface area (Å²) in [6, 6.07) is 13.1. The third kappa shape index (κ3) is 2.72. The summed E-state index contributed by atoms with van der Waals surface area (Å²) in [5.74, 6) is 0. The monoisotopic (exact) mass is 316 g/mol. The summed E-state index contributed by atoms with van der Waals surface area (Å²) in [4.78, 5) is 4.54. The zero-order valence-electron chi connectivity index (χ0n) is 11.0. The van der Waals surface area contributed by atoms with Gasteiger partial charge in [0.1, 0.15) is 0 Å². The topological polar surface area (TPSA) is 24.9 Å². The number of hydrogen-bond donors (Lipinski definition) is 1. The van der Waals surface area contributed by atoms with Crippen molar-refractivity contribution in [2.75, 3.05) is 0 Å². The van der Waals surface area contributed by atoms with Crippen LogP contribution >= 0.6 is 15.9 Å². The lowest BCUT2D eigenvalue weighted by atomic mass is 10.1. The van der Waals surface area contributed by atoms with Gasteiger partial charge in [-0.1, -0.05) is 34.1 Å². The Balaban J connectivity index is 1.72. The highest BCUT2D eigenvalue weighted by molar-refractivity contribution is 9.10. The zero-order chi connectivity index (χ0) is 13.2. The number of nitrogens with one attached hydrogen (secondary N) is 1. The first-order chi connectivity index (χ1) is 9.24. The first-order valence-corrected chi connectivity index (χ1v) is 7.46. The maximum Gasteiger partial charge on any atom is 0.0545 e. The molecule has 0 aliphatic heterocycles. The van der Waals surface area contributed by atoms with Crippen LogP contribution in [0.4, 0.5) is 0 Å². The SMILES string of the molecule is Cc1cccc(CNC2CCc3c(Br)cccc32)n1. The average molecular weight is 317 g/mol. The molecule has 1 heterocycles. The predicted molar refractivity (Wildman–Crippen MR) is 81.0 cm³/mol. The highest BCUT2D eigenvalue weighted by atomic mass is 79.9. The second-order valence-electron chi connectivity index (χ2n) is 5.05. The first kappa shape index (κ1) is 12.8. The second-order valence-corrected chi connectivity index (χ2v) is 5.90. The molecule has 0 fully saturated rings. The summed E-state index contributed by atoms with van der Waals surface area (Å²) in [5, 5.41) is 3.63. The lowest BCUT2D eigenvalue weighted by Gasteiger charge is -2.14. The third-order valence-corrected chi connectivity index (χ3v) is 4.43. The molecule has 0 spiro atoms. The second kappa shape index (κ2) is 5.43. The molecular weight excluding hydrogens is 300 g/mol. The minimum atomic E-state index is 0.454. The number of fused-ring (bicyclic) bond motifs is 1. The van der Waals surface area contributed by atoms with Crippen LogP contribution < -0.4 is 5.32 Å². The van der Waals surface area contributed by atoms with Crippen LogP contribution in [-0.4, -0.2) is 4.98 Å². The molecule has 1 atom stereocenters. The Hall–Kier alpha value is -1.19. The van der Waals surface area contributed by atoms with Crippen molar-refractivity contribution in [3.63, 3.8) is 0 Å². The standard InChI is InChI=1S/C16H17BrN2/c1-11-4-2-5-12(19-11)10-18-16-9-8-13-14(16)6-3-7-15(13)17/h2-7,16,18H,8-10H2,1H3. The van der Waals surface area contributed by atoms with E-state index in [4.69, 9.17) is 0 Å². The van der Waals surface area contributed by atoms with Gasteiger partial charge >= 0.3 is 0 Å². The summed E-state index contributed by atoms with van der Waals surface area (Å²) in [6.45, 7) is 2.86. The lowest BCUT2D eigenvalue weighted by molar-refractivity contribution is 0.525. The Labute approximate surface area is 122 Å². The van der Waals surface area contributed by atoms with Crippen molar-refractivity contribution in [2.24, 2.45) is 0 Å². The van der Waals surface area contributed by atoms with Gasteiger partial charge in [-0.2, -0.15) is 0 Å². The van der Waals surface area contributed by atoms with E-state index in [1.54, 1.807) is 0 Å². The molecular formula is C16H17BrN2. The minimum absolute atomic E-state index is 0.454. The quantitative estimate of drug-likeness (QED) is 0.928. The van der Waals surface area contributed by atoms with E-state index >= 15 is 0 Å². The Morgan fingerprint density at radius 2 is 2.11 bits per heavy atom. The molecule has 3 heteroatoms. The minimum Gasteiger partial charge on any atom is -0.304 e. The number of aryl methyl sites for hydroxylation is 1. The van der Waals surface area contributed by atoms with Gasteiger partial charge in [0.2, 0.25) is 0 Å². The van der Waals surface area contributed by atoms with Crippen molar-refractivity contribution >= 4 is 15.9 Å². The van der Waals surface area contributed by atoms with Crippen molar-refractivity contribution in [3.8, 4) is 0 Å². The van der Waals surface area contributed by atoms with Gasteiger partial charge in [0.25, 0.3) is 0 Å². The Kier molecular flexibility index (Phi) is 3.67. The van der Waals surface area contributed by atoms with Crippen LogP contribution in [0.3, 0.4) is 0 Å². The fourth-order valence-electron chi connectivity index (χ4n) is 2.75. The van der Waals surface area contributed by atoms with Crippen molar-refractivity contribution < 1.29 is 0 Å². The molecule has 0 amide bonds. The molecule has 1 aliphatic carbocycles. The Bertz CT molecular complexity index is 595. The maximum atomic E-state index is 4.54. The number of pyridine rings is 1. The van der Waals surface area contributed by atoms with E-state index in [-0.39, 0.29) is 0 Å². The van der Waals surface area contributed by atoms with Gasteiger partial charge in [-0.15, -0.1) is 0 Å². The molecule has 0 bridgehead atoms. The molecule has 1 aromatic carbocycles. The fourth-order valence-corrected chi connectivity index (χ4v) is 3.33. The van der Waals surface area contributed by atoms with Gasteiger partial charge in [0, 0.05) is 22.8 Å². The molecule has 0 radical (unpaired) electrons. The van der Waals surface area contributed by atoms with E-state index in [9.17, 15) is 0 Å². The Morgan fingerprint density at radius 1 is 1.26 bits per heavy atom. The molecule has 3 rings (SSSR count). The fraction of sp³-hybridized carbons (Fsp3) is 0.312. The highest BCUT2D eigenvalue weighted by Crippen LogP contribution is 2.35. The molecule has 1 aliphatic rings. The molecule has 0 saturated heterocycles. The van der Waals surface area contributed by atoms with Gasteiger partial charge < -0.3 is 5.32 Å². The molecule has 98 valence electrons. The van der Waals surface area contributed by atoms with E-state index in [2.05, 4.69) is 56.6 Å². The summed E-state index contributed by atoms with van der Waals surface area (Å²) in [7, 11) is 0. The van der Waals surface area contributed by atoms with E-state index in [0.717, 1.165) is 24.4 Å². The van der Waals surface area contributed by atoms with Crippen molar-refractivity contribution in [2.45, 2.75) is 32.4 Å². The van der Waals surface area contributed by atoms with Gasteiger partial charge in [0.15, 0.2) is 0 Å². The summed E-state index contributed by atoms with van der Waals surface area (Å²) in [6.07, 6.45) is 2.32. The zero-order valence-corrected chi connectivity index (χ0v) is 12.6. The number of benzene rings is 1. The Morgan fingerprint density at radius 3 is 2.95 bits per heavy atom. The van der Waals surface area contributed by atoms with Crippen molar-refractivity contribution in [1.82, 2.24) is 10.3 Å². The lowest BCUT2D eigenvalue weighted by Crippen LogP contribution is -2.19. The molecule has 2 aromatic rings. The van der Waals surface area contributed by atoms with E-state index in [1.165, 1.54) is 22.0 Å². The smallest absolute Gasteiger partial charge is 0.0545 e. The van der Waals surface area contributed by atoms with E-state index in [0.29, 0.717) is 6.04 Å². The number of nitrogens with zero attached hydrogens (tertiary/aromatic N) is 1. The largest absolute Gasteiger partial charge is 0.304 e.